The van der Waals surface area contributed by atoms with Gasteiger partial charge in [-0.15, -0.1) is 0 Å². The van der Waals surface area contributed by atoms with E-state index in [0.29, 0.717) is 0 Å². The molecule has 0 fully saturated rings. The zero-order valence-corrected chi connectivity index (χ0v) is 36.3. The molecule has 0 radical (unpaired) electrons. The van der Waals surface area contributed by atoms with Crippen LogP contribution in [0.4, 0.5) is 0 Å². The highest BCUT2D eigenvalue weighted by Gasteiger charge is 2.37. The van der Waals surface area contributed by atoms with Gasteiger partial charge in [-0.2, -0.15) is 0 Å². The van der Waals surface area contributed by atoms with E-state index in [1.54, 1.807) is 0 Å². The molecule has 0 bridgehead atoms. The fraction of sp³-hybridized carbons (Fsp3) is 0.0312. The zero-order chi connectivity index (χ0) is 44.5. The second kappa shape index (κ2) is 17.1. The SMILES string of the molecule is OC(c1ccccc1)(c1ccccc1)c1ccccc1-c1ccc2c(-c3ccccc3)c3cc(-c4ccccc4C(O)(c4ccccc4)c4ccccc4)ccc3c(-c3ccccc3)c2c1. The highest BCUT2D eigenvalue weighted by atomic mass is 16.3. The van der Waals surface area contributed by atoms with Crippen LogP contribution < -0.4 is 0 Å². The molecule has 0 saturated carbocycles. The molecule has 11 aromatic rings. The molecular weight excluding hydrogens is 801 g/mol. The molecule has 0 aromatic heterocycles. The Bertz CT molecular complexity index is 3150. The van der Waals surface area contributed by atoms with Crippen molar-refractivity contribution < 1.29 is 10.2 Å². The van der Waals surface area contributed by atoms with Crippen molar-refractivity contribution in [3.63, 3.8) is 0 Å². The molecule has 0 aliphatic rings. The van der Waals surface area contributed by atoms with Gasteiger partial charge in [-0.05, 0) is 100 Å². The average molecular weight is 847 g/mol. The summed E-state index contributed by atoms with van der Waals surface area (Å²) in [5.74, 6) is 0. The highest BCUT2D eigenvalue weighted by Crippen LogP contribution is 2.49. The lowest BCUT2D eigenvalue weighted by atomic mass is 9.76. The van der Waals surface area contributed by atoms with Gasteiger partial charge in [-0.25, -0.2) is 0 Å². The maximum absolute atomic E-state index is 13.2. The van der Waals surface area contributed by atoms with Gasteiger partial charge in [-0.1, -0.05) is 255 Å². The van der Waals surface area contributed by atoms with Crippen LogP contribution in [0.25, 0.3) is 66.1 Å². The second-order valence-electron chi connectivity index (χ2n) is 17.0. The fourth-order valence-corrected chi connectivity index (χ4v) is 10.2. The van der Waals surface area contributed by atoms with Crippen molar-refractivity contribution in [3.05, 3.63) is 300 Å². The smallest absolute Gasteiger partial charge is 0.141 e. The third-order valence-corrected chi connectivity index (χ3v) is 13.3. The first kappa shape index (κ1) is 40.6. The molecule has 2 N–H and O–H groups in total. The quantitative estimate of drug-likeness (QED) is 0.106. The Labute approximate surface area is 386 Å². The van der Waals surface area contributed by atoms with Gasteiger partial charge in [0.2, 0.25) is 0 Å². The molecule has 0 amide bonds. The van der Waals surface area contributed by atoms with Gasteiger partial charge in [0.05, 0.1) is 0 Å². The Hall–Kier alpha value is -8.14. The lowest BCUT2D eigenvalue weighted by Gasteiger charge is -2.32. The van der Waals surface area contributed by atoms with E-state index < -0.39 is 11.2 Å². The maximum Gasteiger partial charge on any atom is 0.141 e. The second-order valence-corrected chi connectivity index (χ2v) is 17.0. The largest absolute Gasteiger partial charge is 0.376 e. The molecule has 2 nitrogen and oxygen atoms in total. The molecule has 2 heteroatoms. The maximum atomic E-state index is 13.2. The molecule has 0 spiro atoms. The van der Waals surface area contributed by atoms with Gasteiger partial charge in [0, 0.05) is 11.1 Å². The third-order valence-electron chi connectivity index (χ3n) is 13.3. The average Bonchev–Trinajstić information content (AvgIpc) is 3.41. The van der Waals surface area contributed by atoms with Gasteiger partial charge < -0.3 is 10.2 Å². The van der Waals surface area contributed by atoms with E-state index in [0.717, 1.165) is 99.4 Å². The van der Waals surface area contributed by atoms with Crippen LogP contribution in [0.5, 0.6) is 0 Å². The van der Waals surface area contributed by atoms with E-state index in [9.17, 15) is 10.2 Å². The van der Waals surface area contributed by atoms with E-state index >= 15 is 0 Å². The lowest BCUT2D eigenvalue weighted by Crippen LogP contribution is -2.29. The minimum absolute atomic E-state index is 0.801. The van der Waals surface area contributed by atoms with Crippen LogP contribution in [-0.2, 0) is 11.2 Å². The van der Waals surface area contributed by atoms with Crippen molar-refractivity contribution >= 4 is 21.5 Å². The van der Waals surface area contributed by atoms with Gasteiger partial charge in [0.25, 0.3) is 0 Å². The van der Waals surface area contributed by atoms with E-state index in [4.69, 9.17) is 0 Å². The van der Waals surface area contributed by atoms with Crippen molar-refractivity contribution in [2.24, 2.45) is 0 Å². The molecule has 0 heterocycles. The van der Waals surface area contributed by atoms with E-state index in [-0.39, 0.29) is 0 Å². The first-order valence-corrected chi connectivity index (χ1v) is 22.5. The van der Waals surface area contributed by atoms with Crippen LogP contribution in [0.3, 0.4) is 0 Å². The van der Waals surface area contributed by atoms with Gasteiger partial charge in [-0.3, -0.25) is 0 Å². The summed E-state index contributed by atoms with van der Waals surface area (Å²) in [5.41, 5.74) is 10.4. The molecule has 11 aromatic carbocycles. The number of aliphatic hydroxyl groups is 2. The Morgan fingerprint density at radius 3 is 0.818 bits per heavy atom. The number of fused-ring (bicyclic) bond motifs is 2. The molecule has 0 aliphatic heterocycles. The van der Waals surface area contributed by atoms with Crippen molar-refractivity contribution in [2.45, 2.75) is 11.2 Å². The van der Waals surface area contributed by atoms with Crippen LogP contribution in [0.2, 0.25) is 0 Å². The van der Waals surface area contributed by atoms with Crippen LogP contribution in [-0.4, -0.2) is 10.2 Å². The van der Waals surface area contributed by atoms with Crippen molar-refractivity contribution in [2.75, 3.05) is 0 Å². The van der Waals surface area contributed by atoms with Crippen LogP contribution in [0.1, 0.15) is 33.4 Å². The molecule has 0 atom stereocenters. The summed E-state index contributed by atoms with van der Waals surface area (Å²) in [4.78, 5) is 0. The van der Waals surface area contributed by atoms with E-state index in [2.05, 4.69) is 133 Å². The van der Waals surface area contributed by atoms with Gasteiger partial charge in [0.1, 0.15) is 11.2 Å². The van der Waals surface area contributed by atoms with Gasteiger partial charge >= 0.3 is 0 Å². The third kappa shape index (κ3) is 6.92. The molecule has 0 unspecified atom stereocenters. The first-order valence-electron chi connectivity index (χ1n) is 22.5. The molecule has 0 saturated heterocycles. The van der Waals surface area contributed by atoms with E-state index in [1.807, 2.05) is 133 Å². The predicted octanol–water partition coefficient (Wildman–Crippen LogP) is 15.2. The number of hydrogen-bond acceptors (Lipinski definition) is 2. The minimum Gasteiger partial charge on any atom is -0.376 e. The van der Waals surface area contributed by atoms with Crippen molar-refractivity contribution in [3.8, 4) is 44.5 Å². The Kier molecular flexibility index (Phi) is 10.5. The zero-order valence-electron chi connectivity index (χ0n) is 36.3. The standard InChI is InChI=1S/C64H46O2/c65-63(49-27-11-3-12-28-49,50-29-13-4-14-30-50)59-37-21-19-35-53(59)47-40-42-56-57(43-47)61(45-23-7-1-8-24-45)55-41-39-48(44-58(55)62(56)46-25-9-2-10-26-46)54-36-20-22-38-60(54)64(66,51-31-15-5-16-32-51)52-33-17-6-18-34-52/h1-44,65-66H. The lowest BCUT2D eigenvalue weighted by molar-refractivity contribution is 0.126. The van der Waals surface area contributed by atoms with Crippen molar-refractivity contribution in [1.82, 2.24) is 0 Å². The summed E-state index contributed by atoms with van der Waals surface area (Å²) >= 11 is 0. The van der Waals surface area contributed by atoms with Crippen LogP contribution in [0.15, 0.2) is 267 Å². The molecule has 0 aliphatic carbocycles. The Morgan fingerprint density at radius 2 is 0.500 bits per heavy atom. The summed E-state index contributed by atoms with van der Waals surface area (Å²) < 4.78 is 0. The van der Waals surface area contributed by atoms with Gasteiger partial charge in [0.15, 0.2) is 0 Å². The van der Waals surface area contributed by atoms with Crippen LogP contribution in [0, 0.1) is 0 Å². The Balaban J connectivity index is 1.19. The first-order chi connectivity index (χ1) is 32.5. The molecule has 314 valence electrons. The number of benzene rings is 11. The minimum atomic E-state index is -1.42. The summed E-state index contributed by atoms with van der Waals surface area (Å²) in [6, 6.07) is 91.4. The number of hydrogen-bond donors (Lipinski definition) is 2. The highest BCUT2D eigenvalue weighted by molar-refractivity contribution is 6.22. The molecule has 11 rings (SSSR count). The summed E-state index contributed by atoms with van der Waals surface area (Å²) in [7, 11) is 0. The molecule has 66 heavy (non-hydrogen) atoms. The fourth-order valence-electron chi connectivity index (χ4n) is 10.2. The van der Waals surface area contributed by atoms with Crippen molar-refractivity contribution in [1.29, 1.82) is 0 Å². The topological polar surface area (TPSA) is 40.5 Å². The summed E-state index contributed by atoms with van der Waals surface area (Å²) in [6.07, 6.45) is 0. The number of rotatable bonds is 10. The monoisotopic (exact) mass is 846 g/mol. The Morgan fingerprint density at radius 1 is 0.227 bits per heavy atom. The normalized spacial score (nSPS) is 11.8. The summed E-state index contributed by atoms with van der Waals surface area (Å²) in [5, 5.41) is 30.8. The van der Waals surface area contributed by atoms with E-state index in [1.165, 1.54) is 0 Å². The summed E-state index contributed by atoms with van der Waals surface area (Å²) in [6.45, 7) is 0. The van der Waals surface area contributed by atoms with Crippen LogP contribution >= 0.6 is 0 Å². The molecular formula is C64H46O2. The predicted molar refractivity (Wildman–Crippen MR) is 273 cm³/mol.